The smallest absolute Gasteiger partial charge is 0.350 e. The zero-order chi connectivity index (χ0) is 26.9. The average molecular weight is 516 g/mol. The van der Waals surface area contributed by atoms with Gasteiger partial charge in [0.1, 0.15) is 6.04 Å². The number of likely N-dealkylation sites (N-methyl/N-ethyl adjacent to an activating group) is 1. The van der Waals surface area contributed by atoms with Crippen LogP contribution in [0.5, 0.6) is 0 Å². The molecule has 2 N–H and O–H groups in total. The van der Waals surface area contributed by atoms with E-state index in [1.165, 1.54) is 35.0 Å². The van der Waals surface area contributed by atoms with Gasteiger partial charge in [0.2, 0.25) is 5.91 Å². The van der Waals surface area contributed by atoms with Crippen molar-refractivity contribution >= 4 is 17.8 Å². The number of rotatable bonds is 7. The molecule has 1 aromatic carbocycles. The molecule has 0 radical (unpaired) electrons. The molecule has 0 saturated carbocycles. The molecule has 2 aliphatic rings. The second kappa shape index (κ2) is 10.2. The number of pyridine rings is 1. The highest BCUT2D eigenvalue weighted by Gasteiger charge is 2.48. The lowest BCUT2D eigenvalue weighted by Gasteiger charge is -2.32. The molecule has 196 valence electrons. The predicted molar refractivity (Wildman–Crippen MR) is 129 cm³/mol. The Bertz CT molecular complexity index is 1230. The Kier molecular flexibility index (Phi) is 7.24. The number of alkyl halides is 3. The average Bonchev–Trinajstić information content (AvgIpc) is 3.20. The van der Waals surface area contributed by atoms with E-state index < -0.39 is 35.8 Å². The summed E-state index contributed by atoms with van der Waals surface area (Å²) in [5, 5.41) is 5.39. The normalized spacial score (nSPS) is 18.7. The van der Waals surface area contributed by atoms with Gasteiger partial charge in [0.15, 0.2) is 0 Å². The van der Waals surface area contributed by atoms with E-state index in [1.807, 2.05) is 13.8 Å². The standard InChI is InChI=1S/C26H28F3N5O3/c1-15(2)11-19(23(35)31-13-16-7-6-10-30-12-16)34-14-20-21(24(34)36)22(32-25(37)33(20)3)17-8-4-5-9-18(17)26(27,28)29/h4-10,12,15,19,22H,11,13-14H2,1-3H3,(H,31,35)(H,32,37)/t19-,22-/m1/s1. The molecule has 0 fully saturated rings. The van der Waals surface area contributed by atoms with Crippen molar-refractivity contribution in [3.8, 4) is 0 Å². The topological polar surface area (TPSA) is 94.6 Å². The molecule has 0 aliphatic carbocycles. The minimum atomic E-state index is -4.68. The molecule has 0 saturated heterocycles. The summed E-state index contributed by atoms with van der Waals surface area (Å²) in [7, 11) is 1.45. The van der Waals surface area contributed by atoms with Gasteiger partial charge in [-0.25, -0.2) is 4.79 Å². The molecule has 4 rings (SSSR count). The minimum absolute atomic E-state index is 0.0348. The van der Waals surface area contributed by atoms with Crippen LogP contribution in [0.4, 0.5) is 18.0 Å². The molecular weight excluding hydrogens is 487 g/mol. The van der Waals surface area contributed by atoms with Crippen molar-refractivity contribution in [3.63, 3.8) is 0 Å². The van der Waals surface area contributed by atoms with Crippen molar-refractivity contribution < 1.29 is 27.6 Å². The summed E-state index contributed by atoms with van der Waals surface area (Å²) in [5.74, 6) is -0.926. The number of urea groups is 1. The first-order valence-corrected chi connectivity index (χ1v) is 11.9. The largest absolute Gasteiger partial charge is 0.416 e. The third kappa shape index (κ3) is 5.30. The summed E-state index contributed by atoms with van der Waals surface area (Å²) in [6.07, 6.45) is -1.11. The second-order valence-electron chi connectivity index (χ2n) is 9.54. The van der Waals surface area contributed by atoms with Gasteiger partial charge in [0.25, 0.3) is 5.91 Å². The van der Waals surface area contributed by atoms with Crippen LogP contribution in [0.25, 0.3) is 0 Å². The van der Waals surface area contributed by atoms with Crippen LogP contribution in [0, 0.1) is 5.92 Å². The molecule has 37 heavy (non-hydrogen) atoms. The van der Waals surface area contributed by atoms with Gasteiger partial charge in [-0.15, -0.1) is 0 Å². The zero-order valence-corrected chi connectivity index (χ0v) is 20.7. The lowest BCUT2D eigenvalue weighted by atomic mass is 9.91. The van der Waals surface area contributed by atoms with Crippen LogP contribution in [0.15, 0.2) is 60.1 Å². The van der Waals surface area contributed by atoms with Crippen LogP contribution >= 0.6 is 0 Å². The third-order valence-corrected chi connectivity index (χ3v) is 6.53. The maximum atomic E-state index is 13.8. The van der Waals surface area contributed by atoms with E-state index in [9.17, 15) is 27.6 Å². The summed E-state index contributed by atoms with van der Waals surface area (Å²) >= 11 is 0. The fourth-order valence-corrected chi connectivity index (χ4v) is 4.71. The van der Waals surface area contributed by atoms with E-state index in [2.05, 4.69) is 15.6 Å². The van der Waals surface area contributed by atoms with Crippen molar-refractivity contribution in [1.82, 2.24) is 25.4 Å². The number of carbonyl (C=O) groups is 3. The van der Waals surface area contributed by atoms with E-state index in [0.29, 0.717) is 6.42 Å². The lowest BCUT2D eigenvalue weighted by Crippen LogP contribution is -2.49. The first kappa shape index (κ1) is 26.2. The van der Waals surface area contributed by atoms with Crippen molar-refractivity contribution in [2.75, 3.05) is 13.6 Å². The summed E-state index contributed by atoms with van der Waals surface area (Å²) in [4.78, 5) is 46.4. The molecule has 1 aromatic heterocycles. The van der Waals surface area contributed by atoms with Crippen molar-refractivity contribution in [1.29, 1.82) is 0 Å². The Morgan fingerprint density at radius 1 is 1.19 bits per heavy atom. The molecule has 8 nitrogen and oxygen atoms in total. The van der Waals surface area contributed by atoms with Gasteiger partial charge in [-0.3, -0.25) is 19.5 Å². The van der Waals surface area contributed by atoms with Gasteiger partial charge in [0.05, 0.1) is 29.4 Å². The fourth-order valence-electron chi connectivity index (χ4n) is 4.71. The Morgan fingerprint density at radius 3 is 2.57 bits per heavy atom. The fraction of sp³-hybridized carbons (Fsp3) is 0.385. The quantitative estimate of drug-likeness (QED) is 0.589. The molecule has 3 heterocycles. The predicted octanol–water partition coefficient (Wildman–Crippen LogP) is 3.62. The molecule has 2 atom stereocenters. The summed E-state index contributed by atoms with van der Waals surface area (Å²) < 4.78 is 41.4. The Hall–Kier alpha value is -3.89. The van der Waals surface area contributed by atoms with Gasteiger partial charge in [-0.1, -0.05) is 38.1 Å². The molecule has 0 spiro atoms. The number of halogens is 3. The highest BCUT2D eigenvalue weighted by molar-refractivity contribution is 6.03. The van der Waals surface area contributed by atoms with Gasteiger partial charge in [-0.05, 0) is 35.6 Å². The maximum Gasteiger partial charge on any atom is 0.416 e. The van der Waals surface area contributed by atoms with Crippen LogP contribution in [-0.2, 0) is 22.3 Å². The maximum absolute atomic E-state index is 13.8. The van der Waals surface area contributed by atoms with Crippen molar-refractivity contribution in [3.05, 3.63) is 76.8 Å². The summed E-state index contributed by atoms with van der Waals surface area (Å²) in [6, 6.07) is 5.61. The number of hydrogen-bond donors (Lipinski definition) is 2. The first-order valence-electron chi connectivity index (χ1n) is 11.9. The minimum Gasteiger partial charge on any atom is -0.350 e. The van der Waals surface area contributed by atoms with Crippen LogP contribution in [0.1, 0.15) is 43.0 Å². The first-order chi connectivity index (χ1) is 17.5. The van der Waals surface area contributed by atoms with E-state index in [0.717, 1.165) is 11.6 Å². The van der Waals surface area contributed by atoms with Gasteiger partial charge in [-0.2, -0.15) is 13.2 Å². The molecule has 0 bridgehead atoms. The van der Waals surface area contributed by atoms with Gasteiger partial charge < -0.3 is 15.5 Å². The van der Waals surface area contributed by atoms with E-state index in [4.69, 9.17) is 0 Å². The highest BCUT2D eigenvalue weighted by Crippen LogP contribution is 2.41. The van der Waals surface area contributed by atoms with Crippen molar-refractivity contribution in [2.45, 2.75) is 45.1 Å². The summed E-state index contributed by atoms with van der Waals surface area (Å²) in [5.41, 5.74) is -0.0590. The van der Waals surface area contributed by atoms with Crippen LogP contribution in [0.3, 0.4) is 0 Å². The van der Waals surface area contributed by atoms with Crippen LogP contribution in [-0.4, -0.2) is 52.3 Å². The zero-order valence-electron chi connectivity index (χ0n) is 20.7. The van der Waals surface area contributed by atoms with Gasteiger partial charge in [0, 0.05) is 26.0 Å². The number of carbonyl (C=O) groups excluding carboxylic acids is 3. The van der Waals surface area contributed by atoms with E-state index in [-0.39, 0.29) is 41.7 Å². The van der Waals surface area contributed by atoms with E-state index >= 15 is 0 Å². The SMILES string of the molecule is CC(C)C[C@H](C(=O)NCc1cccnc1)N1CC2=C(C1=O)[C@@H](c1ccccc1C(F)(F)F)NC(=O)N2C. The van der Waals surface area contributed by atoms with Gasteiger partial charge >= 0.3 is 12.2 Å². The monoisotopic (exact) mass is 515 g/mol. The number of amides is 4. The van der Waals surface area contributed by atoms with E-state index in [1.54, 1.807) is 24.5 Å². The number of benzene rings is 1. The number of hydrogen-bond acceptors (Lipinski definition) is 4. The molecular formula is C26H28F3N5O3. The van der Waals surface area contributed by atoms with Crippen LogP contribution < -0.4 is 10.6 Å². The number of aromatic nitrogens is 1. The highest BCUT2D eigenvalue weighted by atomic mass is 19.4. The Labute approximate surface area is 212 Å². The summed E-state index contributed by atoms with van der Waals surface area (Å²) in [6.45, 7) is 3.96. The van der Waals surface area contributed by atoms with Crippen molar-refractivity contribution in [2.24, 2.45) is 5.92 Å². The molecule has 2 aliphatic heterocycles. The molecule has 0 unspecified atom stereocenters. The lowest BCUT2D eigenvalue weighted by molar-refractivity contribution is -0.139. The molecule has 4 amide bonds. The molecule has 11 heteroatoms. The van der Waals surface area contributed by atoms with Crippen LogP contribution in [0.2, 0.25) is 0 Å². The third-order valence-electron chi connectivity index (χ3n) is 6.53. The molecule has 2 aromatic rings. The Balaban J connectivity index is 1.67. The Morgan fingerprint density at radius 2 is 1.92 bits per heavy atom. The second-order valence-corrected chi connectivity index (χ2v) is 9.54. The number of nitrogens with one attached hydrogen (secondary N) is 2. The number of nitrogens with zero attached hydrogens (tertiary/aromatic N) is 3.